The van der Waals surface area contributed by atoms with Gasteiger partial charge in [0, 0.05) is 22.1 Å². The van der Waals surface area contributed by atoms with E-state index >= 15 is 0 Å². The number of para-hydroxylation sites is 1. The summed E-state index contributed by atoms with van der Waals surface area (Å²) in [6, 6.07) is 25.3. The van der Waals surface area contributed by atoms with Crippen molar-refractivity contribution >= 4 is 16.7 Å². The topological polar surface area (TPSA) is 66.0 Å². The van der Waals surface area contributed by atoms with Gasteiger partial charge in [-0.05, 0) is 6.07 Å². The van der Waals surface area contributed by atoms with Crippen molar-refractivity contribution in [1.29, 1.82) is 5.26 Å². The standard InChI is InChI=1S/C22H14N2O2/c23-14-19-18-8-4-5-9-20(18)24(26)21(19)15-10-12-17(13-11-15)22(25)16-6-2-1-3-7-16/h1-13,26H. The lowest BCUT2D eigenvalue weighted by Crippen LogP contribution is -2.01. The average molecular weight is 338 g/mol. The van der Waals surface area contributed by atoms with E-state index in [1.165, 1.54) is 0 Å². The Morgan fingerprint density at radius 1 is 0.846 bits per heavy atom. The van der Waals surface area contributed by atoms with Gasteiger partial charge in [0.1, 0.15) is 11.8 Å². The molecule has 0 fully saturated rings. The van der Waals surface area contributed by atoms with Crippen LogP contribution in [-0.4, -0.2) is 15.7 Å². The highest BCUT2D eigenvalue weighted by Gasteiger charge is 2.18. The minimum atomic E-state index is -0.0674. The van der Waals surface area contributed by atoms with Crippen LogP contribution in [0.25, 0.3) is 22.2 Å². The highest BCUT2D eigenvalue weighted by atomic mass is 16.5. The van der Waals surface area contributed by atoms with E-state index in [-0.39, 0.29) is 5.78 Å². The van der Waals surface area contributed by atoms with E-state index in [0.29, 0.717) is 38.9 Å². The van der Waals surface area contributed by atoms with E-state index in [0.717, 1.165) is 4.73 Å². The smallest absolute Gasteiger partial charge is 0.193 e. The molecule has 1 heterocycles. The van der Waals surface area contributed by atoms with Crippen LogP contribution in [0.5, 0.6) is 0 Å². The van der Waals surface area contributed by atoms with Crippen LogP contribution >= 0.6 is 0 Å². The van der Waals surface area contributed by atoms with Crippen molar-refractivity contribution in [2.45, 2.75) is 0 Å². The third-order valence-corrected chi connectivity index (χ3v) is 4.42. The molecule has 3 aromatic carbocycles. The first-order chi connectivity index (χ1) is 12.7. The molecule has 0 aliphatic carbocycles. The molecular formula is C22H14N2O2. The maximum Gasteiger partial charge on any atom is 0.193 e. The normalized spacial score (nSPS) is 10.6. The number of nitriles is 1. The van der Waals surface area contributed by atoms with Crippen molar-refractivity contribution < 1.29 is 10.0 Å². The van der Waals surface area contributed by atoms with E-state index in [4.69, 9.17) is 0 Å². The van der Waals surface area contributed by atoms with Gasteiger partial charge in [-0.15, -0.1) is 0 Å². The zero-order valence-electron chi connectivity index (χ0n) is 13.8. The zero-order chi connectivity index (χ0) is 18.1. The minimum absolute atomic E-state index is 0.0674. The predicted molar refractivity (Wildman–Crippen MR) is 99.1 cm³/mol. The van der Waals surface area contributed by atoms with E-state index < -0.39 is 0 Å². The van der Waals surface area contributed by atoms with Gasteiger partial charge >= 0.3 is 0 Å². The van der Waals surface area contributed by atoms with Gasteiger partial charge in [0.25, 0.3) is 0 Å². The third kappa shape index (κ3) is 2.43. The number of ketones is 1. The lowest BCUT2D eigenvalue weighted by molar-refractivity contribution is 0.103. The zero-order valence-corrected chi connectivity index (χ0v) is 13.8. The van der Waals surface area contributed by atoms with Crippen molar-refractivity contribution in [2.75, 3.05) is 0 Å². The summed E-state index contributed by atoms with van der Waals surface area (Å²) in [7, 11) is 0. The molecule has 4 aromatic rings. The fraction of sp³-hybridized carbons (Fsp3) is 0. The van der Waals surface area contributed by atoms with Crippen molar-refractivity contribution in [3.05, 3.63) is 95.6 Å². The molecule has 0 bridgehead atoms. The highest BCUT2D eigenvalue weighted by Crippen LogP contribution is 2.32. The Morgan fingerprint density at radius 3 is 2.15 bits per heavy atom. The van der Waals surface area contributed by atoms with Crippen LogP contribution in [0.4, 0.5) is 0 Å². The number of rotatable bonds is 3. The number of hydrogen-bond acceptors (Lipinski definition) is 3. The van der Waals surface area contributed by atoms with Crippen LogP contribution in [0.1, 0.15) is 21.5 Å². The summed E-state index contributed by atoms with van der Waals surface area (Å²) in [6.45, 7) is 0. The highest BCUT2D eigenvalue weighted by molar-refractivity contribution is 6.09. The molecule has 1 N–H and O–H groups in total. The molecular weight excluding hydrogens is 324 g/mol. The first-order valence-corrected chi connectivity index (χ1v) is 8.13. The van der Waals surface area contributed by atoms with Gasteiger partial charge in [-0.3, -0.25) is 4.79 Å². The molecule has 0 amide bonds. The second-order valence-corrected chi connectivity index (χ2v) is 5.94. The third-order valence-electron chi connectivity index (χ3n) is 4.42. The van der Waals surface area contributed by atoms with Gasteiger partial charge in [0.15, 0.2) is 5.78 Å². The van der Waals surface area contributed by atoms with Gasteiger partial charge < -0.3 is 5.21 Å². The average Bonchev–Trinajstić information content (AvgIpc) is 3.00. The first-order valence-electron chi connectivity index (χ1n) is 8.13. The number of nitrogens with zero attached hydrogens (tertiary/aromatic N) is 2. The quantitative estimate of drug-likeness (QED) is 0.437. The Morgan fingerprint density at radius 2 is 1.46 bits per heavy atom. The number of carbonyl (C=O) groups excluding carboxylic acids is 1. The summed E-state index contributed by atoms with van der Waals surface area (Å²) in [6.07, 6.45) is 0. The predicted octanol–water partition coefficient (Wildman–Crippen LogP) is 4.65. The molecule has 1 aromatic heterocycles. The molecule has 0 unspecified atom stereocenters. The van der Waals surface area contributed by atoms with Crippen LogP contribution in [0.3, 0.4) is 0 Å². The molecule has 0 aliphatic heterocycles. The molecule has 4 rings (SSSR count). The lowest BCUT2D eigenvalue weighted by atomic mass is 10.00. The van der Waals surface area contributed by atoms with Gasteiger partial charge in [0.05, 0.1) is 11.1 Å². The summed E-state index contributed by atoms with van der Waals surface area (Å²) in [5, 5.41) is 20.8. The van der Waals surface area contributed by atoms with Crippen LogP contribution in [0.15, 0.2) is 78.9 Å². The van der Waals surface area contributed by atoms with E-state index in [1.807, 2.05) is 30.3 Å². The number of fused-ring (bicyclic) bond motifs is 1. The monoisotopic (exact) mass is 338 g/mol. The van der Waals surface area contributed by atoms with Gasteiger partial charge in [-0.25, -0.2) is 0 Å². The minimum Gasteiger partial charge on any atom is -0.428 e. The molecule has 0 atom stereocenters. The van der Waals surface area contributed by atoms with Gasteiger partial charge in [0.2, 0.25) is 0 Å². The number of aromatic nitrogens is 1. The summed E-state index contributed by atoms with van der Waals surface area (Å²) in [5.41, 5.74) is 3.25. The van der Waals surface area contributed by atoms with Crippen LogP contribution in [-0.2, 0) is 0 Å². The summed E-state index contributed by atoms with van der Waals surface area (Å²) in [5.74, 6) is -0.0674. The van der Waals surface area contributed by atoms with E-state index in [1.54, 1.807) is 48.5 Å². The fourth-order valence-corrected chi connectivity index (χ4v) is 3.14. The van der Waals surface area contributed by atoms with E-state index in [9.17, 15) is 15.3 Å². The SMILES string of the molecule is N#Cc1c(-c2ccc(C(=O)c3ccccc3)cc2)n(O)c2ccccc12. The number of hydrogen-bond donors (Lipinski definition) is 1. The fourth-order valence-electron chi connectivity index (χ4n) is 3.14. The van der Waals surface area contributed by atoms with Gasteiger partial charge in [-0.2, -0.15) is 9.99 Å². The Hall–Kier alpha value is -3.84. The summed E-state index contributed by atoms with van der Waals surface area (Å²) < 4.78 is 1.03. The van der Waals surface area contributed by atoms with E-state index in [2.05, 4.69) is 6.07 Å². The summed E-state index contributed by atoms with van der Waals surface area (Å²) >= 11 is 0. The largest absolute Gasteiger partial charge is 0.428 e. The molecule has 0 aliphatic rings. The first kappa shape index (κ1) is 15.7. The maximum absolute atomic E-state index is 12.5. The Bertz CT molecular complexity index is 1150. The lowest BCUT2D eigenvalue weighted by Gasteiger charge is -2.06. The molecule has 4 heteroatoms. The Labute approximate surface area is 150 Å². The van der Waals surface area contributed by atoms with Crippen molar-refractivity contribution in [2.24, 2.45) is 0 Å². The molecule has 26 heavy (non-hydrogen) atoms. The van der Waals surface area contributed by atoms with Gasteiger partial charge in [-0.1, -0.05) is 72.8 Å². The van der Waals surface area contributed by atoms with Crippen molar-refractivity contribution in [1.82, 2.24) is 4.73 Å². The van der Waals surface area contributed by atoms with Crippen molar-refractivity contribution in [3.8, 4) is 17.3 Å². The molecule has 124 valence electrons. The van der Waals surface area contributed by atoms with Crippen LogP contribution in [0.2, 0.25) is 0 Å². The Balaban J connectivity index is 1.79. The molecule has 0 spiro atoms. The van der Waals surface area contributed by atoms with Crippen molar-refractivity contribution in [3.63, 3.8) is 0 Å². The second kappa shape index (κ2) is 6.23. The molecule has 0 saturated heterocycles. The number of carbonyl (C=O) groups is 1. The Kier molecular flexibility index (Phi) is 3.75. The molecule has 0 radical (unpaired) electrons. The van der Waals surface area contributed by atoms with Crippen LogP contribution in [0, 0.1) is 11.3 Å². The van der Waals surface area contributed by atoms with Crippen LogP contribution < -0.4 is 0 Å². The second-order valence-electron chi connectivity index (χ2n) is 5.94. The maximum atomic E-state index is 12.5. The summed E-state index contributed by atoms with van der Waals surface area (Å²) in [4.78, 5) is 12.5. The molecule has 4 nitrogen and oxygen atoms in total. The molecule has 0 saturated carbocycles. The number of benzene rings is 3.